The summed E-state index contributed by atoms with van der Waals surface area (Å²) in [6.07, 6.45) is 4.97. The van der Waals surface area contributed by atoms with Gasteiger partial charge in [0.1, 0.15) is 11.8 Å². The Balaban J connectivity index is 1.73. The zero-order valence-corrected chi connectivity index (χ0v) is 22.8. The lowest BCUT2D eigenvalue weighted by molar-refractivity contribution is -0.141. The number of sulfonamides is 1. The number of amides is 2. The Kier molecular flexibility index (Phi) is 10.1. The molecule has 1 saturated carbocycles. The highest BCUT2D eigenvalue weighted by molar-refractivity contribution is 7.92. The van der Waals surface area contributed by atoms with Crippen molar-refractivity contribution in [3.05, 3.63) is 59.7 Å². The number of anilines is 1. The van der Waals surface area contributed by atoms with E-state index in [-0.39, 0.29) is 49.5 Å². The molecule has 8 nitrogen and oxygen atoms in total. The standard InChI is InChI=1S/C27H35F2N3O5S/c1-19(27(34)30-21-7-4-5-8-21)31(18-20-10-13-23(37-2)14-11-20)26(33)9-6-16-32(38(3,35)36)22-12-15-24(28)25(29)17-22/h10-15,17,19,21H,4-9,16,18H2,1-3H3,(H,30,34). The lowest BCUT2D eigenvalue weighted by Gasteiger charge is -2.30. The Labute approximate surface area is 223 Å². The van der Waals surface area contributed by atoms with Crippen LogP contribution in [-0.4, -0.2) is 57.1 Å². The summed E-state index contributed by atoms with van der Waals surface area (Å²) in [7, 11) is -2.26. The van der Waals surface area contributed by atoms with Crippen LogP contribution in [0.1, 0.15) is 51.0 Å². The van der Waals surface area contributed by atoms with E-state index >= 15 is 0 Å². The minimum absolute atomic E-state index is 0.0294. The fraction of sp³-hybridized carbons (Fsp3) is 0.481. The molecule has 38 heavy (non-hydrogen) atoms. The molecule has 2 aromatic rings. The van der Waals surface area contributed by atoms with Crippen LogP contribution in [0.3, 0.4) is 0 Å². The molecular formula is C27H35F2N3O5S. The largest absolute Gasteiger partial charge is 0.497 e. The van der Waals surface area contributed by atoms with E-state index in [2.05, 4.69) is 5.32 Å². The third-order valence-electron chi connectivity index (χ3n) is 6.72. The molecular weight excluding hydrogens is 516 g/mol. The summed E-state index contributed by atoms with van der Waals surface area (Å²) in [6.45, 7) is 1.74. The molecule has 0 aromatic heterocycles. The summed E-state index contributed by atoms with van der Waals surface area (Å²) >= 11 is 0. The van der Waals surface area contributed by atoms with Gasteiger partial charge in [-0.1, -0.05) is 25.0 Å². The van der Waals surface area contributed by atoms with Crippen molar-refractivity contribution in [2.75, 3.05) is 24.2 Å². The molecule has 2 aromatic carbocycles. The second-order valence-electron chi connectivity index (χ2n) is 9.57. The molecule has 1 N–H and O–H groups in total. The van der Waals surface area contributed by atoms with Gasteiger partial charge in [-0.25, -0.2) is 17.2 Å². The summed E-state index contributed by atoms with van der Waals surface area (Å²) < 4.78 is 57.9. The van der Waals surface area contributed by atoms with E-state index in [1.165, 1.54) is 11.0 Å². The van der Waals surface area contributed by atoms with Gasteiger partial charge in [0, 0.05) is 31.6 Å². The number of rotatable bonds is 12. The first kappa shape index (κ1) is 29.3. The second-order valence-corrected chi connectivity index (χ2v) is 11.5. The van der Waals surface area contributed by atoms with Crippen LogP contribution in [0.2, 0.25) is 0 Å². The SMILES string of the molecule is COc1ccc(CN(C(=O)CCCN(c2ccc(F)c(F)c2)S(C)(=O)=O)C(C)C(=O)NC2CCCC2)cc1. The zero-order chi connectivity index (χ0) is 27.9. The highest BCUT2D eigenvalue weighted by Gasteiger charge is 2.29. The molecule has 1 fully saturated rings. The Morgan fingerprint density at radius 3 is 2.32 bits per heavy atom. The molecule has 2 amide bonds. The monoisotopic (exact) mass is 551 g/mol. The number of hydrogen-bond donors (Lipinski definition) is 1. The molecule has 0 saturated heterocycles. The Hall–Kier alpha value is -3.21. The number of methoxy groups -OCH3 is 1. The number of benzene rings is 2. The van der Waals surface area contributed by atoms with Crippen molar-refractivity contribution in [1.82, 2.24) is 10.2 Å². The topological polar surface area (TPSA) is 96.0 Å². The highest BCUT2D eigenvalue weighted by atomic mass is 32.2. The van der Waals surface area contributed by atoms with E-state index in [0.29, 0.717) is 5.75 Å². The van der Waals surface area contributed by atoms with Crippen molar-refractivity contribution in [1.29, 1.82) is 0 Å². The zero-order valence-electron chi connectivity index (χ0n) is 22.0. The molecule has 1 aliphatic rings. The molecule has 208 valence electrons. The fourth-order valence-corrected chi connectivity index (χ4v) is 5.50. The molecule has 0 heterocycles. The van der Waals surface area contributed by atoms with E-state index in [1.807, 2.05) is 12.1 Å². The van der Waals surface area contributed by atoms with Gasteiger partial charge in [0.05, 0.1) is 19.1 Å². The lowest BCUT2D eigenvalue weighted by atomic mass is 10.1. The first-order valence-electron chi connectivity index (χ1n) is 12.6. The summed E-state index contributed by atoms with van der Waals surface area (Å²) in [5, 5.41) is 3.04. The number of nitrogens with zero attached hydrogens (tertiary/aromatic N) is 2. The minimum atomic E-state index is -3.82. The van der Waals surface area contributed by atoms with Gasteiger partial charge in [0.2, 0.25) is 21.8 Å². The predicted octanol–water partition coefficient (Wildman–Crippen LogP) is 4.00. The third-order valence-corrected chi connectivity index (χ3v) is 7.92. The number of carbonyl (C=O) groups is 2. The fourth-order valence-electron chi connectivity index (χ4n) is 4.55. The van der Waals surface area contributed by atoms with Crippen molar-refractivity contribution in [2.24, 2.45) is 0 Å². The van der Waals surface area contributed by atoms with Crippen LogP contribution in [-0.2, 0) is 26.2 Å². The Morgan fingerprint density at radius 2 is 1.74 bits per heavy atom. The van der Waals surface area contributed by atoms with Crippen LogP contribution in [0.15, 0.2) is 42.5 Å². The maximum absolute atomic E-state index is 13.7. The molecule has 3 rings (SSSR count). The maximum atomic E-state index is 13.7. The molecule has 0 radical (unpaired) electrons. The van der Waals surface area contributed by atoms with Crippen LogP contribution >= 0.6 is 0 Å². The minimum Gasteiger partial charge on any atom is -0.497 e. The number of halogens is 2. The predicted molar refractivity (Wildman–Crippen MR) is 141 cm³/mol. The smallest absolute Gasteiger partial charge is 0.242 e. The summed E-state index contributed by atoms with van der Waals surface area (Å²) in [5.41, 5.74) is 0.775. The van der Waals surface area contributed by atoms with Gasteiger partial charge < -0.3 is 15.0 Å². The maximum Gasteiger partial charge on any atom is 0.242 e. The van der Waals surface area contributed by atoms with Gasteiger partial charge >= 0.3 is 0 Å². The van der Waals surface area contributed by atoms with Crippen molar-refractivity contribution in [3.8, 4) is 5.75 Å². The van der Waals surface area contributed by atoms with Crippen molar-refractivity contribution < 1.29 is 31.5 Å². The number of ether oxygens (including phenoxy) is 1. The number of hydrogen-bond acceptors (Lipinski definition) is 5. The van der Waals surface area contributed by atoms with Crippen molar-refractivity contribution in [2.45, 2.75) is 64.1 Å². The quantitative estimate of drug-likeness (QED) is 0.430. The van der Waals surface area contributed by atoms with Crippen LogP contribution in [0.25, 0.3) is 0 Å². The average Bonchev–Trinajstić information content (AvgIpc) is 3.39. The normalized spacial score (nSPS) is 14.7. The van der Waals surface area contributed by atoms with Gasteiger partial charge in [0.25, 0.3) is 0 Å². The number of carbonyl (C=O) groups excluding carboxylic acids is 2. The van der Waals surface area contributed by atoms with Crippen molar-refractivity contribution >= 4 is 27.5 Å². The Morgan fingerprint density at radius 1 is 1.08 bits per heavy atom. The lowest BCUT2D eigenvalue weighted by Crippen LogP contribution is -2.49. The number of nitrogens with one attached hydrogen (secondary N) is 1. The van der Waals surface area contributed by atoms with Gasteiger partial charge in [-0.2, -0.15) is 0 Å². The third kappa shape index (κ3) is 7.89. The van der Waals surface area contributed by atoms with E-state index in [9.17, 15) is 26.8 Å². The van der Waals surface area contributed by atoms with E-state index < -0.39 is 27.7 Å². The van der Waals surface area contributed by atoms with E-state index in [1.54, 1.807) is 26.2 Å². The molecule has 1 aliphatic carbocycles. The molecule has 0 bridgehead atoms. The first-order valence-corrected chi connectivity index (χ1v) is 14.5. The molecule has 1 unspecified atom stereocenters. The van der Waals surface area contributed by atoms with Crippen LogP contribution in [0.5, 0.6) is 5.75 Å². The van der Waals surface area contributed by atoms with E-state index in [4.69, 9.17) is 4.74 Å². The highest BCUT2D eigenvalue weighted by Crippen LogP contribution is 2.22. The summed E-state index contributed by atoms with van der Waals surface area (Å²) in [5.74, 6) is -2.15. The van der Waals surface area contributed by atoms with Gasteiger partial charge in [-0.3, -0.25) is 13.9 Å². The van der Waals surface area contributed by atoms with E-state index in [0.717, 1.165) is 53.9 Å². The van der Waals surface area contributed by atoms with Gasteiger partial charge in [-0.15, -0.1) is 0 Å². The van der Waals surface area contributed by atoms with Crippen molar-refractivity contribution in [3.63, 3.8) is 0 Å². The Bertz CT molecular complexity index is 1220. The van der Waals surface area contributed by atoms with Crippen LogP contribution in [0.4, 0.5) is 14.5 Å². The van der Waals surface area contributed by atoms with Crippen LogP contribution in [0, 0.1) is 11.6 Å². The molecule has 11 heteroatoms. The van der Waals surface area contributed by atoms with Gasteiger partial charge in [0.15, 0.2) is 11.6 Å². The summed E-state index contributed by atoms with van der Waals surface area (Å²) in [4.78, 5) is 27.9. The van der Waals surface area contributed by atoms with Crippen LogP contribution < -0.4 is 14.4 Å². The summed E-state index contributed by atoms with van der Waals surface area (Å²) in [6, 6.07) is 9.36. The molecule has 1 atom stereocenters. The van der Waals surface area contributed by atoms with Gasteiger partial charge in [-0.05, 0) is 56.0 Å². The molecule has 0 aliphatic heterocycles. The molecule has 0 spiro atoms. The average molecular weight is 552 g/mol. The first-order chi connectivity index (χ1) is 18.0. The second kappa shape index (κ2) is 13.0.